The summed E-state index contributed by atoms with van der Waals surface area (Å²) >= 11 is 0. The summed E-state index contributed by atoms with van der Waals surface area (Å²) in [6.45, 7) is 1.90. The van der Waals surface area contributed by atoms with E-state index in [1.807, 2.05) is 42.5 Å². The van der Waals surface area contributed by atoms with Crippen LogP contribution in [-0.2, 0) is 16.0 Å². The van der Waals surface area contributed by atoms with Crippen molar-refractivity contribution in [3.8, 4) is 5.75 Å². The Morgan fingerprint density at radius 1 is 1.15 bits per heavy atom. The number of hydrogen-bond acceptors (Lipinski definition) is 4. The number of para-hydroxylation sites is 2. The molecule has 0 saturated carbocycles. The predicted octanol–water partition coefficient (Wildman–Crippen LogP) is 3.93. The highest BCUT2D eigenvalue weighted by Crippen LogP contribution is 2.26. The first kappa shape index (κ1) is 17.1. The van der Waals surface area contributed by atoms with Gasteiger partial charge in [-0.25, -0.2) is 4.79 Å². The highest BCUT2D eigenvalue weighted by Gasteiger charge is 2.20. The van der Waals surface area contributed by atoms with E-state index in [4.69, 9.17) is 9.47 Å². The van der Waals surface area contributed by atoms with E-state index in [2.05, 4.69) is 11.9 Å². The number of H-pyrrole nitrogens is 1. The summed E-state index contributed by atoms with van der Waals surface area (Å²) in [5, 5.41) is 0.851. The second-order valence-corrected chi connectivity index (χ2v) is 6.39. The Morgan fingerprint density at radius 2 is 2.00 bits per heavy atom. The molecule has 0 aliphatic carbocycles. The van der Waals surface area contributed by atoms with E-state index in [0.717, 1.165) is 34.2 Å². The van der Waals surface area contributed by atoms with Crippen molar-refractivity contribution in [2.45, 2.75) is 13.3 Å². The average molecular weight is 361 g/mol. The summed E-state index contributed by atoms with van der Waals surface area (Å²) in [6, 6.07) is 13.3. The van der Waals surface area contributed by atoms with Crippen molar-refractivity contribution in [1.82, 2.24) is 4.98 Å². The predicted molar refractivity (Wildman–Crippen MR) is 103 cm³/mol. The maximum absolute atomic E-state index is 12.6. The Labute approximate surface area is 156 Å². The smallest absolute Gasteiger partial charge is 0.337 e. The molecule has 5 nitrogen and oxygen atoms in total. The molecule has 1 aromatic heterocycles. The minimum absolute atomic E-state index is 0.136. The van der Waals surface area contributed by atoms with Crippen molar-refractivity contribution >= 4 is 28.7 Å². The van der Waals surface area contributed by atoms with Crippen LogP contribution in [0.1, 0.15) is 28.4 Å². The number of ether oxygens (including phenoxy) is 2. The van der Waals surface area contributed by atoms with Crippen molar-refractivity contribution in [2.24, 2.45) is 0 Å². The zero-order valence-electron chi connectivity index (χ0n) is 15.0. The lowest BCUT2D eigenvalue weighted by atomic mass is 10.1. The highest BCUT2D eigenvalue weighted by molar-refractivity contribution is 6.09. The standard InChI is InChI=1S/C22H19NO4/c1-2-14-7-5-8-17-18(11-23-21(14)17)19(24)13-27-22(25)16-10-15-6-3-4-9-20(15)26-12-16/h3-11,23H,2,12-13H2,1H3. The van der Waals surface area contributed by atoms with Gasteiger partial charge in [0.1, 0.15) is 12.4 Å². The molecule has 0 fully saturated rings. The molecule has 0 saturated heterocycles. The quantitative estimate of drug-likeness (QED) is 0.552. The number of Topliss-reactive ketones (excluding diaryl/α,β-unsaturated/α-hetero) is 1. The number of rotatable bonds is 5. The summed E-state index contributed by atoms with van der Waals surface area (Å²) in [5.41, 5.74) is 3.85. The summed E-state index contributed by atoms with van der Waals surface area (Å²) in [5.74, 6) is -0.0387. The molecule has 27 heavy (non-hydrogen) atoms. The Hall–Kier alpha value is -3.34. The van der Waals surface area contributed by atoms with Gasteiger partial charge in [-0.1, -0.05) is 43.3 Å². The number of ketones is 1. The molecule has 4 rings (SSSR count). The summed E-state index contributed by atoms with van der Waals surface area (Å²) in [7, 11) is 0. The van der Waals surface area contributed by atoms with Crippen molar-refractivity contribution in [1.29, 1.82) is 0 Å². The lowest BCUT2D eigenvalue weighted by molar-refractivity contribution is -0.138. The summed E-state index contributed by atoms with van der Waals surface area (Å²) in [4.78, 5) is 28.0. The third-order valence-electron chi connectivity index (χ3n) is 4.71. The fourth-order valence-electron chi connectivity index (χ4n) is 3.28. The van der Waals surface area contributed by atoms with E-state index in [0.29, 0.717) is 11.1 Å². The van der Waals surface area contributed by atoms with Gasteiger partial charge in [-0.05, 0) is 24.1 Å². The van der Waals surface area contributed by atoms with Crippen LogP contribution in [-0.4, -0.2) is 30.0 Å². The first-order valence-electron chi connectivity index (χ1n) is 8.89. The van der Waals surface area contributed by atoms with Crippen molar-refractivity contribution in [3.05, 3.63) is 70.9 Å². The average Bonchev–Trinajstić information content (AvgIpc) is 3.15. The summed E-state index contributed by atoms with van der Waals surface area (Å²) in [6.07, 6.45) is 4.29. The number of esters is 1. The second-order valence-electron chi connectivity index (χ2n) is 6.39. The van der Waals surface area contributed by atoms with E-state index >= 15 is 0 Å². The highest BCUT2D eigenvalue weighted by atomic mass is 16.5. The van der Waals surface area contributed by atoms with Crippen LogP contribution >= 0.6 is 0 Å². The molecule has 0 radical (unpaired) electrons. The van der Waals surface area contributed by atoms with Gasteiger partial charge in [0.25, 0.3) is 0 Å². The molecule has 0 unspecified atom stereocenters. The number of carbonyl (C=O) groups is 2. The zero-order chi connectivity index (χ0) is 18.8. The van der Waals surface area contributed by atoms with Crippen LogP contribution in [0.3, 0.4) is 0 Å². The molecule has 3 aromatic rings. The van der Waals surface area contributed by atoms with Crippen LogP contribution in [0, 0.1) is 0 Å². The number of fused-ring (bicyclic) bond motifs is 2. The monoisotopic (exact) mass is 361 g/mol. The first-order valence-corrected chi connectivity index (χ1v) is 8.89. The van der Waals surface area contributed by atoms with Gasteiger partial charge in [0.05, 0.1) is 5.57 Å². The molecule has 1 N–H and O–H groups in total. The summed E-state index contributed by atoms with van der Waals surface area (Å²) < 4.78 is 10.8. The molecule has 1 aliphatic heterocycles. The van der Waals surface area contributed by atoms with Gasteiger partial charge in [0.2, 0.25) is 5.78 Å². The Morgan fingerprint density at radius 3 is 2.85 bits per heavy atom. The third kappa shape index (κ3) is 3.24. The lowest BCUT2D eigenvalue weighted by Crippen LogP contribution is -2.20. The lowest BCUT2D eigenvalue weighted by Gasteiger charge is -2.16. The molecule has 0 amide bonds. The van der Waals surface area contributed by atoms with E-state index in [-0.39, 0.29) is 19.0 Å². The van der Waals surface area contributed by atoms with Gasteiger partial charge >= 0.3 is 5.97 Å². The van der Waals surface area contributed by atoms with Gasteiger partial charge in [0.15, 0.2) is 6.61 Å². The van der Waals surface area contributed by atoms with Crippen molar-refractivity contribution in [3.63, 3.8) is 0 Å². The zero-order valence-corrected chi connectivity index (χ0v) is 15.0. The first-order chi connectivity index (χ1) is 13.2. The van der Waals surface area contributed by atoms with E-state index in [9.17, 15) is 9.59 Å². The van der Waals surface area contributed by atoms with E-state index in [1.54, 1.807) is 12.3 Å². The molecule has 1 aliphatic rings. The van der Waals surface area contributed by atoms with Gasteiger partial charge < -0.3 is 14.5 Å². The number of nitrogens with one attached hydrogen (secondary N) is 1. The number of carbonyl (C=O) groups excluding carboxylic acids is 2. The Kier molecular flexibility index (Phi) is 4.50. The molecule has 2 heterocycles. The molecule has 0 spiro atoms. The van der Waals surface area contributed by atoms with Crippen LogP contribution in [0.5, 0.6) is 5.75 Å². The third-order valence-corrected chi connectivity index (χ3v) is 4.71. The molecular formula is C22H19NO4. The maximum atomic E-state index is 12.6. The SMILES string of the molecule is CCc1cccc2c(C(=O)COC(=O)C3=Cc4ccccc4OC3)c[nH]c12. The van der Waals surface area contributed by atoms with Crippen LogP contribution < -0.4 is 4.74 Å². The van der Waals surface area contributed by atoms with Crippen LogP contribution in [0.25, 0.3) is 17.0 Å². The van der Waals surface area contributed by atoms with Crippen LogP contribution in [0.4, 0.5) is 0 Å². The minimum Gasteiger partial charge on any atom is -0.488 e. The van der Waals surface area contributed by atoms with Crippen LogP contribution in [0.15, 0.2) is 54.2 Å². The Bertz CT molecular complexity index is 1060. The van der Waals surface area contributed by atoms with E-state index < -0.39 is 5.97 Å². The van der Waals surface area contributed by atoms with Crippen molar-refractivity contribution < 1.29 is 19.1 Å². The topological polar surface area (TPSA) is 68.4 Å². The maximum Gasteiger partial charge on any atom is 0.337 e. The molecular weight excluding hydrogens is 342 g/mol. The fourth-order valence-corrected chi connectivity index (χ4v) is 3.28. The van der Waals surface area contributed by atoms with Gasteiger partial charge in [-0.15, -0.1) is 0 Å². The van der Waals surface area contributed by atoms with Crippen molar-refractivity contribution in [2.75, 3.05) is 13.2 Å². The normalized spacial score (nSPS) is 12.9. The number of aromatic nitrogens is 1. The fraction of sp³-hybridized carbons (Fsp3) is 0.182. The van der Waals surface area contributed by atoms with Gasteiger partial charge in [-0.3, -0.25) is 4.79 Å². The van der Waals surface area contributed by atoms with Gasteiger partial charge in [0, 0.05) is 28.2 Å². The molecule has 0 bridgehead atoms. The van der Waals surface area contributed by atoms with Crippen LogP contribution in [0.2, 0.25) is 0 Å². The Balaban J connectivity index is 1.47. The second kappa shape index (κ2) is 7.11. The minimum atomic E-state index is -0.535. The molecule has 136 valence electrons. The van der Waals surface area contributed by atoms with E-state index in [1.165, 1.54) is 0 Å². The van der Waals surface area contributed by atoms with Gasteiger partial charge in [-0.2, -0.15) is 0 Å². The number of benzene rings is 2. The number of aryl methyl sites for hydroxylation is 1. The molecule has 2 aromatic carbocycles. The molecule has 5 heteroatoms. The number of aromatic amines is 1. The number of hydrogen-bond donors (Lipinski definition) is 1. The largest absolute Gasteiger partial charge is 0.488 e. The molecule has 0 atom stereocenters.